The molecule has 2 aromatic carbocycles. The Morgan fingerprint density at radius 1 is 1.05 bits per heavy atom. The summed E-state index contributed by atoms with van der Waals surface area (Å²) in [6.07, 6.45) is 0. The zero-order valence-corrected chi connectivity index (χ0v) is 11.6. The highest BCUT2D eigenvalue weighted by Gasteiger charge is 2.14. The molecule has 0 aliphatic carbocycles. The number of nitrogens with one attached hydrogen (secondary N) is 1. The Kier molecular flexibility index (Phi) is 3.76. The van der Waals surface area contributed by atoms with Gasteiger partial charge in [-0.15, -0.1) is 0 Å². The first-order valence-corrected chi connectivity index (χ1v) is 7.23. The molecule has 0 spiro atoms. The second-order valence-electron chi connectivity index (χ2n) is 4.15. The maximum absolute atomic E-state index is 12.2. The number of hydrogen-bond donors (Lipinski definition) is 1. The Labute approximate surface area is 113 Å². The van der Waals surface area contributed by atoms with Crippen LogP contribution in [0.25, 0.3) is 0 Å². The zero-order chi connectivity index (χ0) is 13.9. The van der Waals surface area contributed by atoms with Crippen LogP contribution in [0.1, 0.15) is 5.56 Å². The molecule has 0 amide bonds. The molecular formula is C14H15NO3S. The molecule has 4 nitrogen and oxygen atoms in total. The van der Waals surface area contributed by atoms with Crippen LogP contribution in [0.5, 0.6) is 5.75 Å². The van der Waals surface area contributed by atoms with Crippen molar-refractivity contribution in [1.82, 2.24) is 0 Å². The lowest BCUT2D eigenvalue weighted by Gasteiger charge is -2.09. The van der Waals surface area contributed by atoms with Gasteiger partial charge in [0.2, 0.25) is 0 Å². The summed E-state index contributed by atoms with van der Waals surface area (Å²) in [7, 11) is -2.09. The first kappa shape index (κ1) is 13.4. The van der Waals surface area contributed by atoms with E-state index in [0.29, 0.717) is 11.4 Å². The lowest BCUT2D eigenvalue weighted by Crippen LogP contribution is -2.13. The summed E-state index contributed by atoms with van der Waals surface area (Å²) in [4.78, 5) is 0.174. The van der Waals surface area contributed by atoms with Gasteiger partial charge in [-0.1, -0.05) is 18.2 Å². The van der Waals surface area contributed by atoms with Crippen molar-refractivity contribution in [2.75, 3.05) is 11.8 Å². The van der Waals surface area contributed by atoms with Crippen molar-refractivity contribution < 1.29 is 13.2 Å². The van der Waals surface area contributed by atoms with E-state index < -0.39 is 10.0 Å². The molecule has 2 aromatic rings. The predicted octanol–water partition coefficient (Wildman–Crippen LogP) is 2.80. The Morgan fingerprint density at radius 3 is 2.47 bits per heavy atom. The van der Waals surface area contributed by atoms with Crippen LogP contribution in [0.2, 0.25) is 0 Å². The van der Waals surface area contributed by atoms with Gasteiger partial charge in [0, 0.05) is 11.8 Å². The highest BCUT2D eigenvalue weighted by molar-refractivity contribution is 7.92. The van der Waals surface area contributed by atoms with E-state index in [1.54, 1.807) is 30.3 Å². The number of sulfonamides is 1. The second-order valence-corrected chi connectivity index (χ2v) is 5.84. The predicted molar refractivity (Wildman–Crippen MR) is 75.0 cm³/mol. The van der Waals surface area contributed by atoms with E-state index in [9.17, 15) is 8.42 Å². The van der Waals surface area contributed by atoms with Gasteiger partial charge in [-0.25, -0.2) is 8.42 Å². The molecule has 0 heterocycles. The number of anilines is 1. The zero-order valence-electron chi connectivity index (χ0n) is 10.8. The fourth-order valence-corrected chi connectivity index (χ4v) is 2.78. The van der Waals surface area contributed by atoms with Crippen LogP contribution < -0.4 is 9.46 Å². The van der Waals surface area contributed by atoms with Gasteiger partial charge in [-0.2, -0.15) is 0 Å². The highest BCUT2D eigenvalue weighted by Crippen LogP contribution is 2.20. The summed E-state index contributed by atoms with van der Waals surface area (Å²) in [5, 5.41) is 0. The van der Waals surface area contributed by atoms with Crippen molar-refractivity contribution in [1.29, 1.82) is 0 Å². The van der Waals surface area contributed by atoms with Crippen molar-refractivity contribution in [3.8, 4) is 5.75 Å². The molecule has 0 saturated carbocycles. The van der Waals surface area contributed by atoms with Crippen LogP contribution in [0, 0.1) is 6.92 Å². The molecule has 0 bridgehead atoms. The minimum absolute atomic E-state index is 0.174. The van der Waals surface area contributed by atoms with E-state index in [1.165, 1.54) is 19.2 Å². The third kappa shape index (κ3) is 3.26. The number of ether oxygens (including phenoxy) is 1. The molecule has 0 atom stereocenters. The van der Waals surface area contributed by atoms with Crippen LogP contribution in [0.15, 0.2) is 53.4 Å². The molecule has 1 N–H and O–H groups in total. The number of aryl methyl sites for hydroxylation is 1. The van der Waals surface area contributed by atoms with Gasteiger partial charge < -0.3 is 4.74 Å². The summed E-state index contributed by atoms with van der Waals surface area (Å²) >= 11 is 0. The fraction of sp³-hybridized carbons (Fsp3) is 0.143. The monoisotopic (exact) mass is 277 g/mol. The van der Waals surface area contributed by atoms with E-state index in [2.05, 4.69) is 4.72 Å². The Hall–Kier alpha value is -2.01. The summed E-state index contributed by atoms with van der Waals surface area (Å²) < 4.78 is 32.0. The highest BCUT2D eigenvalue weighted by atomic mass is 32.2. The molecule has 0 aromatic heterocycles. The minimum atomic E-state index is -3.59. The van der Waals surface area contributed by atoms with Crippen molar-refractivity contribution in [3.05, 3.63) is 54.1 Å². The van der Waals surface area contributed by atoms with Crippen LogP contribution in [-0.2, 0) is 10.0 Å². The third-order valence-electron chi connectivity index (χ3n) is 2.62. The Morgan fingerprint density at radius 2 is 1.79 bits per heavy atom. The Bertz CT molecular complexity index is 681. The van der Waals surface area contributed by atoms with Gasteiger partial charge >= 0.3 is 0 Å². The molecule has 2 rings (SSSR count). The maximum atomic E-state index is 12.2. The normalized spacial score (nSPS) is 11.1. The molecule has 0 fully saturated rings. The number of methoxy groups -OCH3 is 1. The standard InChI is InChI=1S/C14H15NO3S/c1-11-5-3-6-12(9-11)15-19(16,17)14-8-4-7-13(10-14)18-2/h3-10,15H,1-2H3. The van der Waals surface area contributed by atoms with E-state index in [1.807, 2.05) is 13.0 Å². The van der Waals surface area contributed by atoms with E-state index in [0.717, 1.165) is 5.56 Å². The van der Waals surface area contributed by atoms with Crippen LogP contribution in [-0.4, -0.2) is 15.5 Å². The van der Waals surface area contributed by atoms with Crippen LogP contribution >= 0.6 is 0 Å². The molecule has 100 valence electrons. The van der Waals surface area contributed by atoms with E-state index in [4.69, 9.17) is 4.74 Å². The first-order chi connectivity index (χ1) is 9.01. The number of benzene rings is 2. The van der Waals surface area contributed by atoms with Crippen molar-refractivity contribution >= 4 is 15.7 Å². The summed E-state index contributed by atoms with van der Waals surface area (Å²) in [6, 6.07) is 13.6. The van der Waals surface area contributed by atoms with E-state index in [-0.39, 0.29) is 4.90 Å². The molecule has 0 saturated heterocycles. The second kappa shape index (κ2) is 5.32. The van der Waals surface area contributed by atoms with Crippen molar-refractivity contribution in [2.24, 2.45) is 0 Å². The number of hydrogen-bond acceptors (Lipinski definition) is 3. The third-order valence-corrected chi connectivity index (χ3v) is 4.00. The summed E-state index contributed by atoms with van der Waals surface area (Å²) in [5.74, 6) is 0.507. The largest absolute Gasteiger partial charge is 0.497 e. The van der Waals surface area contributed by atoms with E-state index >= 15 is 0 Å². The van der Waals surface area contributed by atoms with Gasteiger partial charge in [-0.3, -0.25) is 4.72 Å². The minimum Gasteiger partial charge on any atom is -0.497 e. The quantitative estimate of drug-likeness (QED) is 0.935. The molecule has 0 radical (unpaired) electrons. The smallest absolute Gasteiger partial charge is 0.262 e. The molecule has 0 unspecified atom stereocenters. The number of rotatable bonds is 4. The summed E-state index contributed by atoms with van der Waals surface area (Å²) in [5.41, 5.74) is 1.54. The topological polar surface area (TPSA) is 55.4 Å². The van der Waals surface area contributed by atoms with Gasteiger partial charge in [0.1, 0.15) is 5.75 Å². The summed E-state index contributed by atoms with van der Waals surface area (Å²) in [6.45, 7) is 1.91. The SMILES string of the molecule is COc1cccc(S(=O)(=O)Nc2cccc(C)c2)c1. The molecular weight excluding hydrogens is 262 g/mol. The lowest BCUT2D eigenvalue weighted by atomic mass is 10.2. The maximum Gasteiger partial charge on any atom is 0.262 e. The van der Waals surface area contributed by atoms with Crippen molar-refractivity contribution in [2.45, 2.75) is 11.8 Å². The van der Waals surface area contributed by atoms with Crippen LogP contribution in [0.3, 0.4) is 0 Å². The molecule has 0 aliphatic rings. The average molecular weight is 277 g/mol. The average Bonchev–Trinajstić information content (AvgIpc) is 2.38. The van der Waals surface area contributed by atoms with Gasteiger partial charge in [0.25, 0.3) is 10.0 Å². The fourth-order valence-electron chi connectivity index (χ4n) is 1.69. The molecule has 0 aliphatic heterocycles. The van der Waals surface area contributed by atoms with Gasteiger partial charge in [-0.05, 0) is 36.8 Å². The van der Waals surface area contributed by atoms with Crippen LogP contribution in [0.4, 0.5) is 5.69 Å². The first-order valence-electron chi connectivity index (χ1n) is 5.75. The molecule has 5 heteroatoms. The van der Waals surface area contributed by atoms with Gasteiger partial charge in [0.05, 0.1) is 12.0 Å². The lowest BCUT2D eigenvalue weighted by molar-refractivity contribution is 0.413. The molecule has 19 heavy (non-hydrogen) atoms. The van der Waals surface area contributed by atoms with Gasteiger partial charge in [0.15, 0.2) is 0 Å². The van der Waals surface area contributed by atoms with Crippen molar-refractivity contribution in [3.63, 3.8) is 0 Å². The Balaban J connectivity index is 2.32.